The third-order valence-corrected chi connectivity index (χ3v) is 4.85. The highest BCUT2D eigenvalue weighted by Gasteiger charge is 2.15. The van der Waals surface area contributed by atoms with Crippen LogP contribution in [0, 0.1) is 0 Å². The van der Waals surface area contributed by atoms with Crippen molar-refractivity contribution in [1.29, 1.82) is 0 Å². The van der Waals surface area contributed by atoms with E-state index >= 15 is 0 Å². The summed E-state index contributed by atoms with van der Waals surface area (Å²) in [6.07, 6.45) is 0. The largest absolute Gasteiger partial charge is 0.376 e. The summed E-state index contributed by atoms with van der Waals surface area (Å²) in [4.78, 5) is 25.0. The number of rotatable bonds is 6. The highest BCUT2D eigenvalue weighted by molar-refractivity contribution is 9.10. The number of hydrogen-bond donors (Lipinski definition) is 2. The molecule has 0 unspecified atom stereocenters. The molecular weight excluding hydrogens is 472 g/mol. The van der Waals surface area contributed by atoms with Gasteiger partial charge in [-0.3, -0.25) is 9.59 Å². The van der Waals surface area contributed by atoms with Crippen LogP contribution >= 0.6 is 31.9 Å². The summed E-state index contributed by atoms with van der Waals surface area (Å²) >= 11 is 6.76. The Labute approximate surface area is 174 Å². The molecule has 3 aromatic rings. The summed E-state index contributed by atoms with van der Waals surface area (Å²) in [5, 5.41) is 5.87. The molecule has 0 aliphatic rings. The van der Waals surface area contributed by atoms with E-state index in [9.17, 15) is 9.59 Å². The third-order valence-electron chi connectivity index (χ3n) is 3.83. The molecule has 0 heterocycles. The molecule has 0 saturated carbocycles. The van der Waals surface area contributed by atoms with Crippen molar-refractivity contribution in [2.24, 2.45) is 0 Å². The van der Waals surface area contributed by atoms with Crippen LogP contribution in [0.4, 0.5) is 11.4 Å². The number of carbonyl (C=O) groups excluding carboxylic acids is 2. The highest BCUT2D eigenvalue weighted by atomic mass is 79.9. The molecular formula is C21H16Br2N2O2. The normalized spacial score (nSPS) is 10.3. The van der Waals surface area contributed by atoms with Crippen LogP contribution in [-0.4, -0.2) is 18.2 Å². The highest BCUT2D eigenvalue weighted by Crippen LogP contribution is 2.24. The second kappa shape index (κ2) is 8.97. The van der Waals surface area contributed by atoms with Gasteiger partial charge in [0, 0.05) is 31.4 Å². The molecule has 0 saturated heterocycles. The summed E-state index contributed by atoms with van der Waals surface area (Å²) in [6, 6.07) is 21.8. The topological polar surface area (TPSA) is 58.2 Å². The summed E-state index contributed by atoms with van der Waals surface area (Å²) in [7, 11) is 0. The first-order valence-corrected chi connectivity index (χ1v) is 9.80. The minimum absolute atomic E-state index is 0.0484. The summed E-state index contributed by atoms with van der Waals surface area (Å²) in [6.45, 7) is 0.0484. The molecule has 6 heteroatoms. The minimum Gasteiger partial charge on any atom is -0.376 e. The molecule has 0 spiro atoms. The first kappa shape index (κ1) is 19.3. The van der Waals surface area contributed by atoms with Gasteiger partial charge in [0.1, 0.15) is 0 Å². The van der Waals surface area contributed by atoms with Crippen molar-refractivity contribution < 1.29 is 9.59 Å². The quantitative estimate of drug-likeness (QED) is 0.452. The van der Waals surface area contributed by atoms with E-state index in [0.717, 1.165) is 8.95 Å². The van der Waals surface area contributed by atoms with Crippen LogP contribution in [0.15, 0.2) is 81.7 Å². The monoisotopic (exact) mass is 486 g/mol. The van der Waals surface area contributed by atoms with Crippen molar-refractivity contribution in [1.82, 2.24) is 0 Å². The fourth-order valence-electron chi connectivity index (χ4n) is 2.52. The Morgan fingerprint density at radius 3 is 2.19 bits per heavy atom. The average Bonchev–Trinajstić information content (AvgIpc) is 2.69. The van der Waals surface area contributed by atoms with Crippen LogP contribution in [0.1, 0.15) is 15.9 Å². The zero-order valence-corrected chi connectivity index (χ0v) is 17.4. The van der Waals surface area contributed by atoms with Gasteiger partial charge in [0.05, 0.1) is 6.54 Å². The SMILES string of the molecule is O=C(CNc1ccc(Br)cc1C(=O)c1ccccc1)Nc1ccc(Br)cc1. The molecule has 0 atom stereocenters. The molecule has 3 rings (SSSR count). The Morgan fingerprint density at radius 1 is 0.815 bits per heavy atom. The average molecular weight is 488 g/mol. The van der Waals surface area contributed by atoms with E-state index in [0.29, 0.717) is 22.5 Å². The number of anilines is 2. The van der Waals surface area contributed by atoms with Crippen molar-refractivity contribution in [2.45, 2.75) is 0 Å². The Morgan fingerprint density at radius 2 is 1.48 bits per heavy atom. The zero-order valence-electron chi connectivity index (χ0n) is 14.2. The van der Waals surface area contributed by atoms with E-state index < -0.39 is 0 Å². The Kier molecular flexibility index (Phi) is 6.42. The molecule has 27 heavy (non-hydrogen) atoms. The predicted octanol–water partition coefficient (Wildman–Crippen LogP) is 5.49. The number of halogens is 2. The molecule has 3 aromatic carbocycles. The lowest BCUT2D eigenvalue weighted by atomic mass is 10.0. The van der Waals surface area contributed by atoms with Crippen LogP contribution < -0.4 is 10.6 Å². The Hall–Kier alpha value is -2.44. The van der Waals surface area contributed by atoms with E-state index in [1.807, 2.05) is 48.5 Å². The fourth-order valence-corrected chi connectivity index (χ4v) is 3.14. The van der Waals surface area contributed by atoms with Crippen LogP contribution in [0.25, 0.3) is 0 Å². The van der Waals surface area contributed by atoms with Crippen LogP contribution in [0.5, 0.6) is 0 Å². The van der Waals surface area contributed by atoms with E-state index in [1.54, 1.807) is 24.3 Å². The fraction of sp³-hybridized carbons (Fsp3) is 0.0476. The molecule has 0 radical (unpaired) electrons. The second-order valence-corrected chi connectivity index (χ2v) is 7.63. The first-order chi connectivity index (χ1) is 13.0. The number of ketones is 1. The lowest BCUT2D eigenvalue weighted by Crippen LogP contribution is -2.22. The molecule has 0 aliphatic carbocycles. The Bertz CT molecular complexity index is 958. The molecule has 0 fully saturated rings. The van der Waals surface area contributed by atoms with Crippen molar-refractivity contribution in [3.63, 3.8) is 0 Å². The summed E-state index contributed by atoms with van der Waals surface area (Å²) < 4.78 is 1.74. The molecule has 4 nitrogen and oxygen atoms in total. The van der Waals surface area contributed by atoms with Gasteiger partial charge in [0.15, 0.2) is 5.78 Å². The van der Waals surface area contributed by atoms with Crippen molar-refractivity contribution in [3.8, 4) is 0 Å². The van der Waals surface area contributed by atoms with Gasteiger partial charge in [-0.15, -0.1) is 0 Å². The van der Waals surface area contributed by atoms with Crippen LogP contribution in [0.2, 0.25) is 0 Å². The van der Waals surface area contributed by atoms with Gasteiger partial charge < -0.3 is 10.6 Å². The molecule has 0 aliphatic heterocycles. The summed E-state index contributed by atoms with van der Waals surface area (Å²) in [5.74, 6) is -0.300. The standard InChI is InChI=1S/C21H16Br2N2O2/c22-15-6-9-17(10-7-15)25-20(26)13-24-19-11-8-16(23)12-18(19)21(27)14-4-2-1-3-5-14/h1-12,24H,13H2,(H,25,26). The Balaban J connectivity index is 1.72. The van der Waals surface area contributed by atoms with Gasteiger partial charge in [-0.2, -0.15) is 0 Å². The van der Waals surface area contributed by atoms with Crippen LogP contribution in [-0.2, 0) is 4.79 Å². The second-order valence-electron chi connectivity index (χ2n) is 5.79. The maximum absolute atomic E-state index is 12.8. The van der Waals surface area contributed by atoms with E-state index in [2.05, 4.69) is 42.5 Å². The number of nitrogens with one attached hydrogen (secondary N) is 2. The zero-order chi connectivity index (χ0) is 19.2. The number of benzene rings is 3. The molecule has 136 valence electrons. The van der Waals surface area contributed by atoms with E-state index in [4.69, 9.17) is 0 Å². The maximum Gasteiger partial charge on any atom is 0.243 e. The number of amides is 1. The van der Waals surface area contributed by atoms with E-state index in [-0.39, 0.29) is 18.2 Å². The van der Waals surface area contributed by atoms with Gasteiger partial charge in [-0.05, 0) is 42.5 Å². The lowest BCUT2D eigenvalue weighted by molar-refractivity contribution is -0.114. The number of carbonyl (C=O) groups is 2. The predicted molar refractivity (Wildman–Crippen MR) is 115 cm³/mol. The molecule has 0 aromatic heterocycles. The van der Waals surface area contributed by atoms with Crippen molar-refractivity contribution in [3.05, 3.63) is 92.9 Å². The minimum atomic E-state index is -0.196. The molecule has 2 N–H and O–H groups in total. The number of hydrogen-bond acceptors (Lipinski definition) is 3. The summed E-state index contributed by atoms with van der Waals surface area (Å²) in [5.41, 5.74) is 2.42. The first-order valence-electron chi connectivity index (χ1n) is 8.21. The van der Waals surface area contributed by atoms with Crippen LogP contribution in [0.3, 0.4) is 0 Å². The third kappa shape index (κ3) is 5.28. The van der Waals surface area contributed by atoms with Gasteiger partial charge in [-0.25, -0.2) is 0 Å². The smallest absolute Gasteiger partial charge is 0.243 e. The van der Waals surface area contributed by atoms with Gasteiger partial charge in [0.25, 0.3) is 0 Å². The van der Waals surface area contributed by atoms with Crippen molar-refractivity contribution >= 4 is 54.9 Å². The van der Waals surface area contributed by atoms with E-state index in [1.165, 1.54) is 0 Å². The maximum atomic E-state index is 12.8. The van der Waals surface area contributed by atoms with Gasteiger partial charge in [-0.1, -0.05) is 62.2 Å². The van der Waals surface area contributed by atoms with Gasteiger partial charge >= 0.3 is 0 Å². The van der Waals surface area contributed by atoms with Crippen molar-refractivity contribution in [2.75, 3.05) is 17.2 Å². The molecule has 1 amide bonds. The lowest BCUT2D eigenvalue weighted by Gasteiger charge is -2.12. The van der Waals surface area contributed by atoms with Gasteiger partial charge in [0.2, 0.25) is 5.91 Å². The molecule has 0 bridgehead atoms.